The first kappa shape index (κ1) is 64.1. The number of fused-ring (bicyclic) bond motifs is 1. The molecule has 0 radical (unpaired) electrons. The number of aliphatic hydroxyl groups is 2. The number of likely N-dealkylation sites (tertiary alicyclic amines) is 1. The lowest BCUT2D eigenvalue weighted by Crippen LogP contribution is -2.61. The summed E-state index contributed by atoms with van der Waals surface area (Å²) in [6, 6.07) is -0.200. The zero-order valence-electron chi connectivity index (χ0n) is 56.9. The average Bonchev–Trinajstić information content (AvgIpc) is 1.78. The zero-order chi connectivity index (χ0) is 71.5. The summed E-state index contributed by atoms with van der Waals surface area (Å²) in [7, 11) is 0. The van der Waals surface area contributed by atoms with Crippen LogP contribution in [-0.4, -0.2) is 193 Å². The first-order chi connectivity index (χ1) is 45.7. The molecule has 3 unspecified atom stereocenters. The van der Waals surface area contributed by atoms with Gasteiger partial charge in [-0.2, -0.15) is 0 Å². The van der Waals surface area contributed by atoms with Crippen molar-refractivity contribution in [3.05, 3.63) is 84.1 Å². The van der Waals surface area contributed by atoms with E-state index in [1.165, 1.54) is 43.7 Å². The van der Waals surface area contributed by atoms with Crippen molar-refractivity contribution in [3.63, 3.8) is 0 Å². The zero-order valence-corrected chi connectivity index (χ0v) is 51.9. The Labute approximate surface area is 539 Å². The molecular weight excluding hydrogens is 1190 g/mol. The fraction of sp³-hybridized carbons (Fsp3) is 0.532. The number of nitrogens with two attached hydrogens (primary N) is 1. The number of phenolic OH excluding ortho intramolecular Hbond substituents is 1. The van der Waals surface area contributed by atoms with Crippen LogP contribution < -0.4 is 58.9 Å². The average molecular weight is 1290 g/mol. The monoisotopic (exact) mass is 1290 g/mol. The minimum atomic E-state index is -3.28. The van der Waals surface area contributed by atoms with Crippen LogP contribution in [-0.2, 0) is 72.0 Å². The number of rotatable bonds is 33. The van der Waals surface area contributed by atoms with Gasteiger partial charge >= 0.3 is 0 Å². The van der Waals surface area contributed by atoms with Crippen LogP contribution in [0.4, 0.5) is 0 Å². The number of hydrogen-bond acceptors (Lipinski definition) is 16. The molecule has 30 nitrogen and oxygen atoms in total. The number of carbonyl (C=O) groups excluding carboxylic acids is 11. The van der Waals surface area contributed by atoms with E-state index < -0.39 is 140 Å². The molecule has 2 aromatic heterocycles. The number of H-pyrrole nitrogens is 2. The lowest BCUT2D eigenvalue weighted by Gasteiger charge is -2.31. The van der Waals surface area contributed by atoms with E-state index in [4.69, 9.17) is 12.6 Å². The Hall–Kier alpha value is -9.45. The molecule has 2 aliphatic rings. The molecule has 500 valence electrons. The Kier molecular flexibility index (Phi) is 24.1. The van der Waals surface area contributed by atoms with E-state index in [1.807, 2.05) is 5.32 Å². The molecule has 2 saturated heterocycles. The van der Waals surface area contributed by atoms with Gasteiger partial charge < -0.3 is 83.8 Å². The number of carbonyl (C=O) groups is 11. The molecule has 4 aromatic rings. The third kappa shape index (κ3) is 21.3. The second kappa shape index (κ2) is 34.7. The van der Waals surface area contributed by atoms with E-state index in [9.17, 15) is 68.1 Å². The van der Waals surface area contributed by atoms with Crippen molar-refractivity contribution in [2.24, 2.45) is 22.6 Å². The molecule has 0 aliphatic carbocycles. The Morgan fingerprint density at radius 3 is 1.90 bits per heavy atom. The van der Waals surface area contributed by atoms with E-state index in [-0.39, 0.29) is 113 Å². The predicted molar refractivity (Wildman–Crippen MR) is 336 cm³/mol. The highest BCUT2D eigenvalue weighted by Crippen LogP contribution is 2.22. The first-order valence-corrected chi connectivity index (χ1v) is 30.5. The molecule has 0 spiro atoms. The molecule has 10 atom stereocenters. The highest BCUT2D eigenvalue weighted by molar-refractivity contribution is 6.00. The largest absolute Gasteiger partial charge is 0.508 e. The maximum atomic E-state index is 14.8. The van der Waals surface area contributed by atoms with E-state index in [0.717, 1.165) is 4.90 Å². The molecule has 6 rings (SSSR count). The van der Waals surface area contributed by atoms with Gasteiger partial charge in [0.1, 0.15) is 66.2 Å². The van der Waals surface area contributed by atoms with E-state index >= 15 is 0 Å². The quantitative estimate of drug-likeness (QED) is 0.0141. The highest BCUT2D eigenvalue weighted by atomic mass is 16.3. The number of phenols is 1. The van der Waals surface area contributed by atoms with E-state index in [1.54, 1.807) is 58.2 Å². The van der Waals surface area contributed by atoms with Crippen molar-refractivity contribution in [2.75, 3.05) is 26.2 Å². The second-order valence-electron chi connectivity index (χ2n) is 23.6. The summed E-state index contributed by atoms with van der Waals surface area (Å²) in [6.07, 6.45) is 2.55. The third-order valence-electron chi connectivity index (χ3n) is 15.4. The molecule has 92 heavy (non-hydrogen) atoms. The number of nitrogens with zero attached hydrogens (tertiary/aromatic N) is 3. The Morgan fingerprint density at radius 1 is 0.728 bits per heavy atom. The molecule has 2 fully saturated rings. The maximum Gasteiger partial charge on any atom is 0.255 e. The number of aromatic nitrogens is 3. The van der Waals surface area contributed by atoms with Gasteiger partial charge in [0.15, 0.2) is 5.96 Å². The fourth-order valence-corrected chi connectivity index (χ4v) is 10.6. The Bertz CT molecular complexity index is 3460. The molecule has 11 amide bonds. The molecule has 2 aromatic carbocycles. The third-order valence-corrected chi connectivity index (χ3v) is 15.4. The summed E-state index contributed by atoms with van der Waals surface area (Å²) >= 11 is 0. The van der Waals surface area contributed by atoms with Crippen molar-refractivity contribution >= 4 is 81.8 Å². The number of benzene rings is 2. The maximum absolute atomic E-state index is 14.8. The van der Waals surface area contributed by atoms with Crippen molar-refractivity contribution in [1.82, 2.24) is 73.0 Å². The van der Waals surface area contributed by atoms with Gasteiger partial charge in [-0.3, -0.25) is 63.0 Å². The van der Waals surface area contributed by atoms with Gasteiger partial charge in [0, 0.05) is 81.1 Å². The number of aromatic amines is 2. The number of imidazole rings is 1. The molecule has 0 saturated carbocycles. The van der Waals surface area contributed by atoms with Crippen molar-refractivity contribution in [2.45, 2.75) is 173 Å². The van der Waals surface area contributed by atoms with Gasteiger partial charge in [-0.15, -0.1) is 0 Å². The molecule has 0 bridgehead atoms. The highest BCUT2D eigenvalue weighted by Gasteiger charge is 2.40. The lowest BCUT2D eigenvalue weighted by atomic mass is 9.98. The lowest BCUT2D eigenvalue weighted by molar-refractivity contribution is -0.142. The SMILES string of the molecule is [2H]C([2H])([2H])C([2H])([2H])NC(=O)[C@H]1CCCN1C(=O)C(CCCN=C(N)NC(=O)C(C)O)NC(=O)[C@@H](CC(C)C)NC(=O)[C@H](CC(C)C)NC(=O)[C@@H](Cc1ccc(O)cc1)NC(=O)[C@H](CO)NC(=O)[C@H](Cc1c[nH]c2ccccc12)NC(=O)[C@H](Cc1cnc[nH]1)NC(=O)C1CCC(=O)N1. The molecule has 17 N–H and O–H groups in total. The number of aliphatic imine (C=N–C) groups is 1. The number of hydrogen-bond donors (Lipinski definition) is 16. The van der Waals surface area contributed by atoms with Crippen LogP contribution >= 0.6 is 0 Å². The van der Waals surface area contributed by atoms with Crippen molar-refractivity contribution in [1.29, 1.82) is 0 Å². The molecule has 30 heteroatoms. The minimum Gasteiger partial charge on any atom is -0.508 e. The van der Waals surface area contributed by atoms with Gasteiger partial charge in [0.05, 0.1) is 12.9 Å². The topological polar surface area (TPSA) is 455 Å². The van der Waals surface area contributed by atoms with E-state index in [2.05, 4.69) is 67.8 Å². The van der Waals surface area contributed by atoms with Gasteiger partial charge in [-0.1, -0.05) is 58.0 Å². The standard InChI is InChI=1S/C62H88N16O14/c1-7-65-60(91)50-15-11-23-78(50)61(92)43(14-10-22-66-62(63)77-52(83)35(6)80)70-54(85)44(24-33(2)3)71-55(86)45(25-34(4)5)72-56(87)46(26-36-16-18-39(81)19-17-36)73-59(90)49(31-79)76-57(88)47(27-37-29-67-41-13-9-8-12-40(37)41)74-58(89)48(28-38-30-64-32-68-38)75-53(84)42-20-21-51(82)69-42/h8-9,12-13,16-19,29-30,32-35,42-50,67,79-81H,7,10-11,14-15,20-28,31H2,1-6H3,(H,64,68)(H,65,91)(H,69,82)(H,70,85)(H,71,86)(H,72,87)(H,73,90)(H,74,89)(H,75,84)(H,76,88)(H3,63,66,77,83)/t35?,42?,43?,44-,45+,46-,47+,48+,49+,50-/m1/s1/i1D3,7D2. The normalized spacial score (nSPS) is 18.5. The number of likely N-dealkylation sites (N-methyl/N-ethyl adjacent to an activating group) is 1. The summed E-state index contributed by atoms with van der Waals surface area (Å²) in [5, 5.41) is 56.4. The summed E-state index contributed by atoms with van der Waals surface area (Å²) in [5.41, 5.74) is 7.88. The molecular formula is C62H88N16O14. The predicted octanol–water partition coefficient (Wildman–Crippen LogP) is -1.90. The summed E-state index contributed by atoms with van der Waals surface area (Å²) in [4.78, 5) is 168. The Morgan fingerprint density at radius 2 is 1.32 bits per heavy atom. The van der Waals surface area contributed by atoms with Crippen LogP contribution in [0.25, 0.3) is 10.9 Å². The number of para-hydroxylation sites is 1. The van der Waals surface area contributed by atoms with Crippen LogP contribution in [0.15, 0.2) is 72.2 Å². The van der Waals surface area contributed by atoms with Crippen molar-refractivity contribution in [3.8, 4) is 5.75 Å². The number of amides is 11. The van der Waals surface area contributed by atoms with Crippen LogP contribution in [0.1, 0.15) is 117 Å². The minimum absolute atomic E-state index is 0.00321. The van der Waals surface area contributed by atoms with Gasteiger partial charge in [0.25, 0.3) is 5.91 Å². The number of guanidine groups is 1. The fourth-order valence-electron chi connectivity index (χ4n) is 10.6. The van der Waals surface area contributed by atoms with Gasteiger partial charge in [-0.05, 0) is 99.9 Å². The number of aliphatic hydroxyl groups excluding tert-OH is 2. The number of aromatic hydroxyl groups is 1. The summed E-state index contributed by atoms with van der Waals surface area (Å²) in [5.74, 6) is -10.6. The Balaban J connectivity index is 1.24. The van der Waals surface area contributed by atoms with Gasteiger partial charge in [-0.25, -0.2) is 4.98 Å². The van der Waals surface area contributed by atoms with Crippen LogP contribution in [0.2, 0.25) is 0 Å². The smallest absolute Gasteiger partial charge is 0.255 e. The summed E-state index contributed by atoms with van der Waals surface area (Å²) in [6.45, 7) is 0.465. The van der Waals surface area contributed by atoms with E-state index in [0.29, 0.717) is 27.7 Å². The molecule has 2 aliphatic heterocycles. The summed E-state index contributed by atoms with van der Waals surface area (Å²) < 4.78 is 38.7. The number of nitrogens with one attached hydrogen (secondary N) is 12. The van der Waals surface area contributed by atoms with Crippen molar-refractivity contribution < 1.29 is 74.9 Å². The van der Waals surface area contributed by atoms with Gasteiger partial charge in [0.2, 0.25) is 59.1 Å². The first-order valence-electron chi connectivity index (χ1n) is 33.0. The van der Waals surface area contributed by atoms with Crippen LogP contribution in [0, 0.1) is 11.8 Å². The van der Waals surface area contributed by atoms with Crippen LogP contribution in [0.5, 0.6) is 5.75 Å². The second-order valence-corrected chi connectivity index (χ2v) is 23.6. The molecule has 4 heterocycles. The van der Waals surface area contributed by atoms with Crippen LogP contribution in [0.3, 0.4) is 0 Å².